The van der Waals surface area contributed by atoms with Gasteiger partial charge in [-0.25, -0.2) is 9.37 Å². The number of anilines is 2. The molecule has 0 saturated carbocycles. The van der Waals surface area contributed by atoms with Crippen molar-refractivity contribution in [2.24, 2.45) is 0 Å². The maximum atomic E-state index is 13.8. The lowest BCUT2D eigenvalue weighted by Crippen LogP contribution is -2.15. The van der Waals surface area contributed by atoms with Crippen molar-refractivity contribution >= 4 is 22.7 Å². The van der Waals surface area contributed by atoms with Gasteiger partial charge in [-0.1, -0.05) is 12.1 Å². The second kappa shape index (κ2) is 5.93. The molecule has 2 aromatic carbocycles. The van der Waals surface area contributed by atoms with Crippen LogP contribution >= 0.6 is 0 Å². The molecule has 24 heavy (non-hydrogen) atoms. The number of aromatic nitrogens is 2. The fourth-order valence-corrected chi connectivity index (χ4v) is 2.74. The normalized spacial score (nSPS) is 13.4. The van der Waals surface area contributed by atoms with Gasteiger partial charge in [0.25, 0.3) is 0 Å². The van der Waals surface area contributed by atoms with E-state index < -0.39 is 0 Å². The molecule has 1 aliphatic rings. The van der Waals surface area contributed by atoms with Crippen LogP contribution in [-0.2, 0) is 17.9 Å². The third kappa shape index (κ3) is 2.69. The molecule has 1 aliphatic heterocycles. The van der Waals surface area contributed by atoms with Crippen LogP contribution in [0.4, 0.5) is 16.2 Å². The van der Waals surface area contributed by atoms with Crippen molar-refractivity contribution in [1.29, 1.82) is 0 Å². The zero-order valence-corrected chi connectivity index (χ0v) is 12.8. The number of fused-ring (bicyclic) bond motifs is 2. The summed E-state index contributed by atoms with van der Waals surface area (Å²) >= 11 is 0. The van der Waals surface area contributed by atoms with Gasteiger partial charge in [-0.05, 0) is 24.3 Å². The quantitative estimate of drug-likeness (QED) is 0.770. The van der Waals surface area contributed by atoms with E-state index in [9.17, 15) is 4.39 Å². The minimum absolute atomic E-state index is 0.158. The van der Waals surface area contributed by atoms with Gasteiger partial charge < -0.3 is 20.5 Å². The van der Waals surface area contributed by atoms with Crippen LogP contribution in [0.1, 0.15) is 11.1 Å². The summed E-state index contributed by atoms with van der Waals surface area (Å²) in [5, 5.41) is 3.88. The average molecular weight is 326 g/mol. The summed E-state index contributed by atoms with van der Waals surface area (Å²) in [6.45, 7) is 0.808. The highest BCUT2D eigenvalue weighted by Crippen LogP contribution is 2.30. The first-order chi connectivity index (χ1) is 11.7. The number of halogens is 1. The van der Waals surface area contributed by atoms with Gasteiger partial charge in [0.2, 0.25) is 5.95 Å². The lowest BCUT2D eigenvalue weighted by molar-refractivity contribution is -0.0172. The third-order valence-electron chi connectivity index (χ3n) is 3.82. The Morgan fingerprint density at radius 3 is 3.00 bits per heavy atom. The van der Waals surface area contributed by atoms with E-state index >= 15 is 0 Å². The number of hydrogen-bond donors (Lipinski definition) is 2. The number of ether oxygens (including phenoxy) is 2. The van der Waals surface area contributed by atoms with Crippen LogP contribution < -0.4 is 15.8 Å². The molecule has 4 rings (SSSR count). The molecule has 0 unspecified atom stereocenters. The Labute approximate surface area is 137 Å². The van der Waals surface area contributed by atoms with Gasteiger partial charge >= 0.3 is 0 Å². The van der Waals surface area contributed by atoms with Crippen molar-refractivity contribution in [1.82, 2.24) is 9.97 Å². The molecule has 3 aromatic rings. The summed E-state index contributed by atoms with van der Waals surface area (Å²) in [7, 11) is 0. The molecule has 0 atom stereocenters. The second-order valence-corrected chi connectivity index (χ2v) is 5.47. The molecule has 0 spiro atoms. The number of nitrogens with zero attached hydrogens (tertiary/aromatic N) is 2. The first kappa shape index (κ1) is 14.6. The lowest BCUT2D eigenvalue weighted by atomic mass is 10.1. The highest BCUT2D eigenvalue weighted by molar-refractivity contribution is 5.88. The first-order valence-electron chi connectivity index (χ1n) is 7.48. The maximum absolute atomic E-state index is 13.8. The van der Waals surface area contributed by atoms with Gasteiger partial charge in [0.15, 0.2) is 6.79 Å². The van der Waals surface area contributed by atoms with Crippen molar-refractivity contribution in [2.45, 2.75) is 13.2 Å². The smallest absolute Gasteiger partial charge is 0.225 e. The Bertz CT molecular complexity index is 916. The molecule has 0 aliphatic carbocycles. The van der Waals surface area contributed by atoms with Crippen LogP contribution in [0, 0.1) is 5.82 Å². The molecule has 0 fully saturated rings. The van der Waals surface area contributed by atoms with Gasteiger partial charge in [-0.3, -0.25) is 0 Å². The van der Waals surface area contributed by atoms with Gasteiger partial charge in [-0.2, -0.15) is 4.98 Å². The first-order valence-corrected chi connectivity index (χ1v) is 7.48. The van der Waals surface area contributed by atoms with E-state index in [-0.39, 0.29) is 12.6 Å². The summed E-state index contributed by atoms with van der Waals surface area (Å²) in [5.41, 5.74) is 8.09. The molecule has 0 amide bonds. The molecule has 0 bridgehead atoms. The molecular weight excluding hydrogens is 311 g/mol. The van der Waals surface area contributed by atoms with Crippen LogP contribution in [0.3, 0.4) is 0 Å². The topological polar surface area (TPSA) is 82.3 Å². The number of hydrogen-bond acceptors (Lipinski definition) is 6. The van der Waals surface area contributed by atoms with E-state index in [0.717, 1.165) is 10.9 Å². The monoisotopic (exact) mass is 326 g/mol. The van der Waals surface area contributed by atoms with Crippen molar-refractivity contribution < 1.29 is 13.9 Å². The van der Waals surface area contributed by atoms with Crippen molar-refractivity contribution in [3.05, 3.63) is 53.3 Å². The van der Waals surface area contributed by atoms with Crippen LogP contribution in [0.5, 0.6) is 5.75 Å². The fraction of sp³-hybridized carbons (Fsp3) is 0.176. The summed E-state index contributed by atoms with van der Waals surface area (Å²) in [6, 6.07) is 10.3. The standard InChI is InChI=1S/C17H15FN4O2/c18-12-5-10(15-11(6-12)8-23-9-24-15)7-20-17-21-14-4-2-1-3-13(14)16(19)22-17/h1-6H,7-9H2,(H3,19,20,21,22). The Balaban J connectivity index is 1.62. The Morgan fingerprint density at radius 1 is 1.21 bits per heavy atom. The predicted octanol–water partition coefficient (Wildman–Crippen LogP) is 2.83. The summed E-state index contributed by atoms with van der Waals surface area (Å²) < 4.78 is 24.4. The lowest BCUT2D eigenvalue weighted by Gasteiger charge is -2.21. The number of para-hydroxylation sites is 1. The van der Waals surface area contributed by atoms with E-state index in [0.29, 0.717) is 41.8 Å². The maximum Gasteiger partial charge on any atom is 0.225 e. The number of nitrogens with one attached hydrogen (secondary N) is 1. The molecule has 2 heterocycles. The third-order valence-corrected chi connectivity index (χ3v) is 3.82. The summed E-state index contributed by atoms with van der Waals surface area (Å²) in [4.78, 5) is 8.67. The zero-order chi connectivity index (χ0) is 16.5. The van der Waals surface area contributed by atoms with Crippen LogP contribution in [-0.4, -0.2) is 16.8 Å². The van der Waals surface area contributed by atoms with Crippen molar-refractivity contribution in [2.75, 3.05) is 17.8 Å². The molecule has 7 heteroatoms. The number of nitrogens with two attached hydrogens (primary N) is 1. The van der Waals surface area contributed by atoms with Crippen LogP contribution in [0.15, 0.2) is 36.4 Å². The van der Waals surface area contributed by atoms with Crippen LogP contribution in [0.25, 0.3) is 10.9 Å². The van der Waals surface area contributed by atoms with E-state index in [1.807, 2.05) is 24.3 Å². The Hall–Kier alpha value is -2.93. The van der Waals surface area contributed by atoms with E-state index in [1.54, 1.807) is 0 Å². The van der Waals surface area contributed by atoms with E-state index in [4.69, 9.17) is 15.2 Å². The SMILES string of the molecule is Nc1nc(NCc2cc(F)cc3c2OCOC3)nc2ccccc12. The summed E-state index contributed by atoms with van der Waals surface area (Å²) in [5.74, 6) is 1.09. The summed E-state index contributed by atoms with van der Waals surface area (Å²) in [6.07, 6.45) is 0. The molecule has 6 nitrogen and oxygen atoms in total. The molecule has 0 saturated heterocycles. The van der Waals surface area contributed by atoms with Gasteiger partial charge in [0.05, 0.1) is 12.1 Å². The molecular formula is C17H15FN4O2. The highest BCUT2D eigenvalue weighted by Gasteiger charge is 2.17. The van der Waals surface area contributed by atoms with Gasteiger partial charge in [0.1, 0.15) is 17.4 Å². The van der Waals surface area contributed by atoms with E-state index in [1.165, 1.54) is 12.1 Å². The fourth-order valence-electron chi connectivity index (χ4n) is 2.74. The molecule has 1 aromatic heterocycles. The number of benzene rings is 2. The number of nitrogen functional groups attached to an aromatic ring is 1. The van der Waals surface area contributed by atoms with Gasteiger partial charge in [-0.15, -0.1) is 0 Å². The van der Waals surface area contributed by atoms with Crippen LogP contribution in [0.2, 0.25) is 0 Å². The van der Waals surface area contributed by atoms with E-state index in [2.05, 4.69) is 15.3 Å². The molecule has 3 N–H and O–H groups in total. The van der Waals surface area contributed by atoms with Crippen molar-refractivity contribution in [3.63, 3.8) is 0 Å². The van der Waals surface area contributed by atoms with Crippen molar-refractivity contribution in [3.8, 4) is 5.75 Å². The zero-order valence-electron chi connectivity index (χ0n) is 12.8. The predicted molar refractivity (Wildman–Crippen MR) is 88.0 cm³/mol. The number of rotatable bonds is 3. The molecule has 0 radical (unpaired) electrons. The second-order valence-electron chi connectivity index (χ2n) is 5.47. The largest absolute Gasteiger partial charge is 0.467 e. The Kier molecular flexibility index (Phi) is 3.62. The minimum Gasteiger partial charge on any atom is -0.467 e. The highest BCUT2D eigenvalue weighted by atomic mass is 19.1. The average Bonchev–Trinajstić information content (AvgIpc) is 2.59. The minimum atomic E-state index is -0.335. The Morgan fingerprint density at radius 2 is 2.08 bits per heavy atom. The van der Waals surface area contributed by atoms with Gasteiger partial charge in [0, 0.05) is 23.1 Å². The molecule has 122 valence electrons.